The third-order valence-electron chi connectivity index (χ3n) is 3.79. The second kappa shape index (κ2) is 10.2. The summed E-state index contributed by atoms with van der Waals surface area (Å²) in [4.78, 5) is 18.4. The first kappa shape index (κ1) is 20.4. The van der Waals surface area contributed by atoms with E-state index in [-0.39, 0.29) is 11.9 Å². The minimum absolute atomic E-state index is 0.0424. The van der Waals surface area contributed by atoms with Gasteiger partial charge in [0, 0.05) is 45.0 Å². The molecule has 1 unspecified atom stereocenters. The van der Waals surface area contributed by atoms with Crippen molar-refractivity contribution in [2.45, 2.75) is 46.2 Å². The summed E-state index contributed by atoms with van der Waals surface area (Å²) in [6.45, 7) is 8.01. The van der Waals surface area contributed by atoms with Gasteiger partial charge in [0.1, 0.15) is 0 Å². The zero-order chi connectivity index (χ0) is 18.1. The number of guanidine groups is 1. The highest BCUT2D eigenvalue weighted by molar-refractivity contribution is 6.30. The first-order chi connectivity index (χ1) is 11.4. The topological polar surface area (TPSA) is 61.7 Å². The molecule has 0 bridgehead atoms. The minimum atomic E-state index is 0.0424. The van der Waals surface area contributed by atoms with Crippen LogP contribution in [0, 0.1) is 0 Å². The average Bonchev–Trinajstić information content (AvgIpc) is 2.83. The highest BCUT2D eigenvalue weighted by Crippen LogP contribution is 2.14. The molecule has 1 aromatic rings. The number of carbonyl (C=O) groups excluding carboxylic acids is 1. The quantitative estimate of drug-likeness (QED) is 0.556. The Morgan fingerprint density at radius 3 is 2.71 bits per heavy atom. The van der Waals surface area contributed by atoms with Gasteiger partial charge in [0.25, 0.3) is 0 Å². The summed E-state index contributed by atoms with van der Waals surface area (Å²) in [6.07, 6.45) is 3.21. The van der Waals surface area contributed by atoms with Gasteiger partial charge in [-0.1, -0.05) is 18.5 Å². The van der Waals surface area contributed by atoms with E-state index in [0.717, 1.165) is 29.6 Å². The van der Waals surface area contributed by atoms with Crippen LogP contribution in [0.4, 0.5) is 0 Å². The standard InChI is InChI=1S/C17H30ClN5O/c1-6-13(3)21-16(24)8-9-20-17(19-7-2)23(5)12-15-10-14(18)11-22(15)4/h10-11,13H,6-9,12H2,1-5H3,(H,19,20)(H,21,24). The number of aryl methyl sites for hydroxylation is 1. The van der Waals surface area contributed by atoms with Crippen molar-refractivity contribution in [2.24, 2.45) is 12.0 Å². The van der Waals surface area contributed by atoms with Crippen molar-refractivity contribution >= 4 is 23.5 Å². The van der Waals surface area contributed by atoms with Crippen LogP contribution in [-0.2, 0) is 18.4 Å². The van der Waals surface area contributed by atoms with Crippen molar-refractivity contribution in [2.75, 3.05) is 20.1 Å². The van der Waals surface area contributed by atoms with Gasteiger partial charge >= 0.3 is 0 Å². The maximum absolute atomic E-state index is 11.8. The number of aromatic nitrogens is 1. The lowest BCUT2D eigenvalue weighted by Crippen LogP contribution is -2.39. The van der Waals surface area contributed by atoms with E-state index in [9.17, 15) is 4.79 Å². The molecule has 0 spiro atoms. The zero-order valence-electron chi connectivity index (χ0n) is 15.4. The Bertz CT molecular complexity index is 555. The van der Waals surface area contributed by atoms with Gasteiger partial charge in [0.15, 0.2) is 5.96 Å². The molecule has 6 nitrogen and oxygen atoms in total. The molecule has 0 aliphatic heterocycles. The van der Waals surface area contributed by atoms with Crippen LogP contribution in [0.1, 0.15) is 39.3 Å². The van der Waals surface area contributed by atoms with Gasteiger partial charge in [0.05, 0.1) is 18.1 Å². The number of halogens is 1. The van der Waals surface area contributed by atoms with Crippen LogP contribution in [0.3, 0.4) is 0 Å². The van der Waals surface area contributed by atoms with E-state index < -0.39 is 0 Å². The largest absolute Gasteiger partial charge is 0.357 e. The SMILES string of the molecule is CCNC(=NCCC(=O)NC(C)CC)N(C)Cc1cc(Cl)cn1C. The third kappa shape index (κ3) is 6.83. The molecule has 0 saturated carbocycles. The monoisotopic (exact) mass is 355 g/mol. The number of hydrogen-bond donors (Lipinski definition) is 2. The van der Waals surface area contributed by atoms with Crippen molar-refractivity contribution in [3.05, 3.63) is 23.0 Å². The first-order valence-electron chi connectivity index (χ1n) is 8.46. The minimum Gasteiger partial charge on any atom is -0.357 e. The highest BCUT2D eigenvalue weighted by Gasteiger charge is 2.10. The Balaban J connectivity index is 2.60. The highest BCUT2D eigenvalue weighted by atomic mass is 35.5. The normalized spacial score (nSPS) is 12.8. The molecule has 0 saturated heterocycles. The summed E-state index contributed by atoms with van der Waals surface area (Å²) in [5, 5.41) is 6.94. The molecule has 0 radical (unpaired) electrons. The van der Waals surface area contributed by atoms with Gasteiger partial charge in [-0.05, 0) is 26.3 Å². The number of hydrogen-bond acceptors (Lipinski definition) is 2. The number of rotatable bonds is 8. The van der Waals surface area contributed by atoms with Crippen LogP contribution < -0.4 is 10.6 Å². The Morgan fingerprint density at radius 2 is 2.17 bits per heavy atom. The van der Waals surface area contributed by atoms with Crippen LogP contribution in [0.2, 0.25) is 5.02 Å². The molecule has 0 aliphatic carbocycles. The van der Waals surface area contributed by atoms with Crippen LogP contribution in [-0.4, -0.2) is 47.5 Å². The molecule has 1 atom stereocenters. The summed E-state index contributed by atoms with van der Waals surface area (Å²) in [7, 11) is 3.94. The van der Waals surface area contributed by atoms with Gasteiger partial charge in [-0.25, -0.2) is 0 Å². The number of carbonyl (C=O) groups is 1. The van der Waals surface area contributed by atoms with E-state index in [2.05, 4.69) is 22.5 Å². The molecular weight excluding hydrogens is 326 g/mol. The van der Waals surface area contributed by atoms with E-state index >= 15 is 0 Å². The molecule has 24 heavy (non-hydrogen) atoms. The second-order valence-electron chi connectivity index (χ2n) is 5.98. The van der Waals surface area contributed by atoms with E-state index in [1.807, 2.05) is 49.7 Å². The number of nitrogens with zero attached hydrogens (tertiary/aromatic N) is 3. The average molecular weight is 356 g/mol. The molecule has 1 aromatic heterocycles. The third-order valence-corrected chi connectivity index (χ3v) is 4.00. The van der Waals surface area contributed by atoms with Crippen molar-refractivity contribution in [1.29, 1.82) is 0 Å². The first-order valence-corrected chi connectivity index (χ1v) is 8.84. The number of amides is 1. The molecule has 1 rings (SSSR count). The van der Waals surface area contributed by atoms with E-state index in [1.54, 1.807) is 0 Å². The van der Waals surface area contributed by atoms with Crippen molar-refractivity contribution < 1.29 is 4.79 Å². The van der Waals surface area contributed by atoms with E-state index in [1.165, 1.54) is 0 Å². The van der Waals surface area contributed by atoms with Crippen LogP contribution in [0.15, 0.2) is 17.3 Å². The van der Waals surface area contributed by atoms with E-state index in [4.69, 9.17) is 11.6 Å². The fourth-order valence-electron chi connectivity index (χ4n) is 2.22. The maximum Gasteiger partial charge on any atom is 0.222 e. The fraction of sp³-hybridized carbons (Fsp3) is 0.647. The molecule has 1 heterocycles. The van der Waals surface area contributed by atoms with Crippen LogP contribution >= 0.6 is 11.6 Å². The Hall–Kier alpha value is -1.69. The van der Waals surface area contributed by atoms with Gasteiger partial charge < -0.3 is 20.1 Å². The summed E-state index contributed by atoms with van der Waals surface area (Å²) in [5.41, 5.74) is 1.10. The Kier molecular flexibility index (Phi) is 8.68. The molecule has 136 valence electrons. The van der Waals surface area contributed by atoms with Gasteiger partial charge in [-0.15, -0.1) is 0 Å². The molecule has 0 fully saturated rings. The zero-order valence-corrected chi connectivity index (χ0v) is 16.2. The number of aliphatic imine (C=N–C) groups is 1. The van der Waals surface area contributed by atoms with Gasteiger partial charge in [-0.3, -0.25) is 9.79 Å². The molecular formula is C17H30ClN5O. The molecule has 1 amide bonds. The maximum atomic E-state index is 11.8. The lowest BCUT2D eigenvalue weighted by Gasteiger charge is -2.22. The lowest BCUT2D eigenvalue weighted by molar-refractivity contribution is -0.121. The second-order valence-corrected chi connectivity index (χ2v) is 6.42. The predicted octanol–water partition coefficient (Wildman–Crippen LogP) is 2.38. The van der Waals surface area contributed by atoms with Gasteiger partial charge in [0.2, 0.25) is 5.91 Å². The molecule has 2 N–H and O–H groups in total. The van der Waals surface area contributed by atoms with Gasteiger partial charge in [-0.2, -0.15) is 0 Å². The van der Waals surface area contributed by atoms with Crippen LogP contribution in [0.25, 0.3) is 0 Å². The lowest BCUT2D eigenvalue weighted by atomic mass is 10.2. The molecule has 0 aromatic carbocycles. The predicted molar refractivity (Wildman–Crippen MR) is 100 cm³/mol. The summed E-state index contributed by atoms with van der Waals surface area (Å²) >= 11 is 6.03. The van der Waals surface area contributed by atoms with Crippen molar-refractivity contribution in [1.82, 2.24) is 20.1 Å². The Morgan fingerprint density at radius 1 is 1.46 bits per heavy atom. The smallest absolute Gasteiger partial charge is 0.222 e. The summed E-state index contributed by atoms with van der Waals surface area (Å²) < 4.78 is 2.00. The summed E-state index contributed by atoms with van der Waals surface area (Å²) in [6, 6.07) is 2.15. The van der Waals surface area contributed by atoms with Crippen molar-refractivity contribution in [3.8, 4) is 0 Å². The number of nitrogens with one attached hydrogen (secondary N) is 2. The van der Waals surface area contributed by atoms with Crippen LogP contribution in [0.5, 0.6) is 0 Å². The molecule has 7 heteroatoms. The fourth-order valence-corrected chi connectivity index (χ4v) is 2.50. The Labute approximate surface area is 150 Å². The van der Waals surface area contributed by atoms with Crippen molar-refractivity contribution in [3.63, 3.8) is 0 Å². The molecule has 0 aliphatic rings. The summed E-state index contributed by atoms with van der Waals surface area (Å²) in [5.74, 6) is 0.826. The van der Waals surface area contributed by atoms with E-state index in [0.29, 0.717) is 19.5 Å².